The van der Waals surface area contributed by atoms with Crippen LogP contribution < -0.4 is 0 Å². The minimum absolute atomic E-state index is 0.000848. The molecule has 0 spiro atoms. The number of nitrogens with zero attached hydrogens (tertiary/aromatic N) is 4. The molecule has 6 heteroatoms. The zero-order chi connectivity index (χ0) is 41.8. The third-order valence-corrected chi connectivity index (χ3v) is 13.2. The molecule has 0 aliphatic rings. The van der Waals surface area contributed by atoms with E-state index < -0.39 is 18.1 Å². The predicted octanol–water partition coefficient (Wildman–Crippen LogP) is 14.4. The number of benzene rings is 8. The van der Waals surface area contributed by atoms with Gasteiger partial charge >= 0.3 is 0 Å². The van der Waals surface area contributed by atoms with Crippen LogP contribution in [0.15, 0.2) is 182 Å². The maximum absolute atomic E-state index is 8.94. The first-order valence-electron chi connectivity index (χ1n) is 21.1. The van der Waals surface area contributed by atoms with Crippen LogP contribution in [0.2, 0.25) is 0 Å². The Morgan fingerprint density at radius 3 is 1.89 bits per heavy atom. The molecule has 0 N–H and O–H groups in total. The molecule has 0 saturated heterocycles. The first-order chi connectivity index (χ1) is 30.3. The van der Waals surface area contributed by atoms with E-state index in [1.54, 1.807) is 22.7 Å². The Morgan fingerprint density at radius 1 is 0.404 bits per heavy atom. The van der Waals surface area contributed by atoms with Crippen molar-refractivity contribution in [3.8, 4) is 51.0 Å². The molecular weight excluding hydrogens is 733 g/mol. The van der Waals surface area contributed by atoms with Crippen molar-refractivity contribution in [2.45, 2.75) is 0 Å². The molecular formula is C51H30N4S2. The standard InChI is InChI=1S/C51H30N4S2/c1-4-15-31(16-5-1)35-23-14-24-38-41-27-34(55-43-25-12-10-21-36(43)39-30-46-40(29-44(39)55)37-22-11-13-26-45(37)56-46)28-42(48(41)57-47(35)38)51-53-49(32-17-6-2-7-18-32)52-50(54-51)33-19-8-3-9-20-33/h1-30H/i2D,6D,7D,17D,18D. The Morgan fingerprint density at radius 2 is 1.07 bits per heavy atom. The van der Waals surface area contributed by atoms with Crippen LogP contribution in [-0.2, 0) is 0 Å². The number of hydrogen-bond acceptors (Lipinski definition) is 5. The Kier molecular flexibility index (Phi) is 6.18. The van der Waals surface area contributed by atoms with Gasteiger partial charge in [-0.05, 0) is 47.5 Å². The zero-order valence-electron chi connectivity index (χ0n) is 35.0. The van der Waals surface area contributed by atoms with Crippen LogP contribution in [0.1, 0.15) is 6.85 Å². The summed E-state index contributed by atoms with van der Waals surface area (Å²) in [5.41, 5.74) is 6.61. The van der Waals surface area contributed by atoms with E-state index in [1.807, 2.05) is 36.4 Å². The van der Waals surface area contributed by atoms with Crippen molar-refractivity contribution < 1.29 is 6.85 Å². The molecule has 12 aromatic rings. The Labute approximate surface area is 342 Å². The lowest BCUT2D eigenvalue weighted by Crippen LogP contribution is -2.01. The molecule has 0 unspecified atom stereocenters. The Balaban J connectivity index is 1.22. The molecule has 0 fully saturated rings. The van der Waals surface area contributed by atoms with E-state index in [4.69, 9.17) is 21.8 Å². The highest BCUT2D eigenvalue weighted by atomic mass is 32.1. The molecule has 0 aliphatic heterocycles. The molecule has 0 saturated carbocycles. The fourth-order valence-electron chi connectivity index (χ4n) is 8.18. The SMILES string of the molecule is [2H]c1c([2H])c([2H])c(-c2nc(-c3ccccc3)nc(-c3cc(-n4c5ccccc5c5cc6sc7ccccc7c6cc54)cc4c3sc3c(-c5ccccc5)cccc34)n2)c([2H])c1[2H]. The highest BCUT2D eigenvalue weighted by molar-refractivity contribution is 7.27. The third-order valence-electron chi connectivity index (χ3n) is 10.7. The van der Waals surface area contributed by atoms with Gasteiger partial charge < -0.3 is 4.57 Å². The molecule has 266 valence electrons. The van der Waals surface area contributed by atoms with Crippen LogP contribution in [-0.4, -0.2) is 19.5 Å². The zero-order valence-corrected chi connectivity index (χ0v) is 31.7. The summed E-state index contributed by atoms with van der Waals surface area (Å²) in [6, 6.07) is 50.3. The molecule has 0 aliphatic carbocycles. The van der Waals surface area contributed by atoms with Gasteiger partial charge in [-0.3, -0.25) is 0 Å². The smallest absolute Gasteiger partial charge is 0.165 e. The number of fused-ring (bicyclic) bond motifs is 9. The Bertz CT molecular complexity index is 3790. The predicted molar refractivity (Wildman–Crippen MR) is 242 cm³/mol. The molecule has 12 rings (SSSR count). The van der Waals surface area contributed by atoms with Gasteiger partial charge in [-0.25, -0.2) is 15.0 Å². The van der Waals surface area contributed by atoms with Gasteiger partial charge in [0.1, 0.15) is 0 Å². The second-order valence-electron chi connectivity index (χ2n) is 14.0. The summed E-state index contributed by atoms with van der Waals surface area (Å²) in [6.07, 6.45) is 0. The third kappa shape index (κ3) is 5.15. The average molecular weight is 768 g/mol. The van der Waals surface area contributed by atoms with Gasteiger partial charge in [0.25, 0.3) is 0 Å². The fraction of sp³-hybridized carbons (Fsp3) is 0. The lowest BCUT2D eigenvalue weighted by Gasteiger charge is -2.13. The van der Waals surface area contributed by atoms with Crippen molar-refractivity contribution in [3.63, 3.8) is 0 Å². The molecule has 4 heterocycles. The lowest BCUT2D eigenvalue weighted by atomic mass is 10.0. The van der Waals surface area contributed by atoms with Crippen LogP contribution >= 0.6 is 22.7 Å². The summed E-state index contributed by atoms with van der Waals surface area (Å²) < 4.78 is 50.1. The van der Waals surface area contributed by atoms with Gasteiger partial charge in [0, 0.05) is 73.5 Å². The van der Waals surface area contributed by atoms with Gasteiger partial charge in [0.2, 0.25) is 0 Å². The highest BCUT2D eigenvalue weighted by Crippen LogP contribution is 2.46. The van der Waals surface area contributed by atoms with Gasteiger partial charge in [-0.15, -0.1) is 22.7 Å². The van der Waals surface area contributed by atoms with Crippen LogP contribution in [0.5, 0.6) is 0 Å². The van der Waals surface area contributed by atoms with E-state index in [1.165, 1.54) is 20.2 Å². The van der Waals surface area contributed by atoms with Crippen LogP contribution in [0.4, 0.5) is 0 Å². The molecule has 0 radical (unpaired) electrons. The van der Waals surface area contributed by atoms with E-state index in [9.17, 15) is 0 Å². The first kappa shape index (κ1) is 27.6. The van der Waals surface area contributed by atoms with Gasteiger partial charge in [-0.1, -0.05) is 145 Å². The summed E-state index contributed by atoms with van der Waals surface area (Å²) in [4.78, 5) is 15.0. The number of hydrogen-bond donors (Lipinski definition) is 0. The van der Waals surface area contributed by atoms with Crippen molar-refractivity contribution in [2.75, 3.05) is 0 Å². The van der Waals surface area contributed by atoms with E-state index in [2.05, 4.69) is 120 Å². The maximum Gasteiger partial charge on any atom is 0.165 e. The van der Waals surface area contributed by atoms with Crippen molar-refractivity contribution >= 4 is 84.8 Å². The number of rotatable bonds is 5. The monoisotopic (exact) mass is 767 g/mol. The summed E-state index contributed by atoms with van der Waals surface area (Å²) >= 11 is 3.48. The number of thiophene rings is 2. The Hall–Kier alpha value is -6.99. The van der Waals surface area contributed by atoms with Crippen molar-refractivity contribution in [1.29, 1.82) is 0 Å². The minimum Gasteiger partial charge on any atom is -0.309 e. The quantitative estimate of drug-likeness (QED) is 0.175. The summed E-state index contributed by atoms with van der Waals surface area (Å²) in [5.74, 6) is 0.650. The first-order valence-corrected chi connectivity index (χ1v) is 20.2. The summed E-state index contributed by atoms with van der Waals surface area (Å²) in [6.45, 7) is 0. The van der Waals surface area contributed by atoms with Gasteiger partial charge in [0.15, 0.2) is 17.5 Å². The average Bonchev–Trinajstić information content (AvgIpc) is 3.99. The molecule has 0 bridgehead atoms. The highest BCUT2D eigenvalue weighted by Gasteiger charge is 2.22. The van der Waals surface area contributed by atoms with E-state index >= 15 is 0 Å². The van der Waals surface area contributed by atoms with Crippen LogP contribution in [0.25, 0.3) is 113 Å². The topological polar surface area (TPSA) is 43.6 Å². The second-order valence-corrected chi connectivity index (χ2v) is 16.1. The molecule has 8 aromatic carbocycles. The maximum atomic E-state index is 8.94. The molecule has 0 amide bonds. The second kappa shape index (κ2) is 12.8. The van der Waals surface area contributed by atoms with Crippen LogP contribution in [0.3, 0.4) is 0 Å². The normalized spacial score (nSPS) is 13.1. The fourth-order valence-corrected chi connectivity index (χ4v) is 10.6. The van der Waals surface area contributed by atoms with Crippen molar-refractivity contribution in [3.05, 3.63) is 182 Å². The molecule has 0 atom stereocenters. The summed E-state index contributed by atoms with van der Waals surface area (Å²) in [7, 11) is 0. The van der Waals surface area contributed by atoms with Crippen molar-refractivity contribution in [2.24, 2.45) is 0 Å². The van der Waals surface area contributed by atoms with Crippen LogP contribution in [0, 0.1) is 0 Å². The summed E-state index contributed by atoms with van der Waals surface area (Å²) in [5, 5.41) is 6.82. The number of para-hydroxylation sites is 1. The lowest BCUT2D eigenvalue weighted by molar-refractivity contribution is 1.07. The van der Waals surface area contributed by atoms with E-state index in [0.29, 0.717) is 17.2 Å². The largest absolute Gasteiger partial charge is 0.309 e. The molecule has 4 aromatic heterocycles. The van der Waals surface area contributed by atoms with E-state index in [0.717, 1.165) is 64.4 Å². The number of aromatic nitrogens is 4. The minimum atomic E-state index is -0.478. The van der Waals surface area contributed by atoms with Gasteiger partial charge in [0.05, 0.1) is 17.9 Å². The molecule has 4 nitrogen and oxygen atoms in total. The molecule has 57 heavy (non-hydrogen) atoms. The van der Waals surface area contributed by atoms with E-state index in [-0.39, 0.29) is 23.5 Å². The van der Waals surface area contributed by atoms with Gasteiger partial charge in [-0.2, -0.15) is 0 Å². The van der Waals surface area contributed by atoms with Crippen molar-refractivity contribution in [1.82, 2.24) is 19.5 Å².